The maximum absolute atomic E-state index is 14.4. The number of rotatable bonds is 5. The van der Waals surface area contributed by atoms with E-state index in [-0.39, 0.29) is 22.9 Å². The average molecular weight is 530 g/mol. The molecular weight excluding hydrogens is 508 g/mol. The van der Waals surface area contributed by atoms with Gasteiger partial charge in [-0.2, -0.15) is 0 Å². The zero-order chi connectivity index (χ0) is 26.8. The standard InChI is InChI=1S/C23H22F4N2O6S/c1-22(2,3)35-21(33)28-16-11-36-18-9-15(24)14(20(31)32)8-17(18)29(19(16)30)10-12-4-6-13(7-5-12)34-23(25,26)27/h4-9,16H,10-11H2,1-3H3,(H,28,33)(H,31,32)/t16-/m0/s1. The largest absolute Gasteiger partial charge is 0.573 e. The molecular formula is C23H22F4N2O6S. The van der Waals surface area contributed by atoms with Gasteiger partial charge in [0.05, 0.1) is 17.8 Å². The van der Waals surface area contributed by atoms with Crippen molar-refractivity contribution in [1.82, 2.24) is 5.32 Å². The summed E-state index contributed by atoms with van der Waals surface area (Å²) in [7, 11) is 0. The molecule has 1 atom stereocenters. The number of carboxylic acid groups (broad SMARTS) is 1. The number of alkyl carbamates (subject to hydrolysis) is 1. The fraction of sp³-hybridized carbons (Fsp3) is 0.348. The van der Waals surface area contributed by atoms with Crippen LogP contribution in [-0.4, -0.2) is 46.8 Å². The predicted octanol–water partition coefficient (Wildman–Crippen LogP) is 4.95. The number of amides is 2. The summed E-state index contributed by atoms with van der Waals surface area (Å²) in [6, 6.07) is 5.58. The Morgan fingerprint density at radius 1 is 1.17 bits per heavy atom. The Labute approximate surface area is 207 Å². The molecule has 0 fully saturated rings. The molecule has 36 heavy (non-hydrogen) atoms. The predicted molar refractivity (Wildman–Crippen MR) is 122 cm³/mol. The summed E-state index contributed by atoms with van der Waals surface area (Å²) in [6.07, 6.45) is -5.74. The van der Waals surface area contributed by atoms with E-state index < -0.39 is 53.1 Å². The van der Waals surface area contributed by atoms with Gasteiger partial charge in [-0.1, -0.05) is 12.1 Å². The zero-order valence-electron chi connectivity index (χ0n) is 19.3. The second-order valence-corrected chi connectivity index (χ2v) is 9.79. The number of ether oxygens (including phenoxy) is 2. The molecule has 0 saturated heterocycles. The molecule has 1 aliphatic heterocycles. The van der Waals surface area contributed by atoms with Gasteiger partial charge in [-0.15, -0.1) is 24.9 Å². The Morgan fingerprint density at radius 3 is 2.36 bits per heavy atom. The van der Waals surface area contributed by atoms with Crippen LogP contribution in [0.3, 0.4) is 0 Å². The third-order valence-electron chi connectivity index (χ3n) is 4.73. The van der Waals surface area contributed by atoms with Gasteiger partial charge in [-0.05, 0) is 50.6 Å². The second-order valence-electron chi connectivity index (χ2n) is 8.73. The number of hydrogen-bond donors (Lipinski definition) is 2. The van der Waals surface area contributed by atoms with Gasteiger partial charge < -0.3 is 24.8 Å². The molecule has 3 rings (SSSR count). The Hall–Kier alpha value is -3.48. The van der Waals surface area contributed by atoms with Crippen LogP contribution in [-0.2, 0) is 16.1 Å². The summed E-state index contributed by atoms with van der Waals surface area (Å²) >= 11 is 1.03. The molecule has 0 aromatic heterocycles. The van der Waals surface area contributed by atoms with Gasteiger partial charge in [-0.25, -0.2) is 14.0 Å². The lowest BCUT2D eigenvalue weighted by Crippen LogP contribution is -2.50. The number of carbonyl (C=O) groups excluding carboxylic acids is 2. The fourth-order valence-electron chi connectivity index (χ4n) is 3.28. The number of nitrogens with zero attached hydrogens (tertiary/aromatic N) is 1. The summed E-state index contributed by atoms with van der Waals surface area (Å²) in [5, 5.41) is 11.8. The number of fused-ring (bicyclic) bond motifs is 1. The first kappa shape index (κ1) is 27.1. The van der Waals surface area contributed by atoms with Gasteiger partial charge >= 0.3 is 18.4 Å². The number of halogens is 4. The van der Waals surface area contributed by atoms with Crippen LogP contribution in [0.1, 0.15) is 36.7 Å². The zero-order valence-corrected chi connectivity index (χ0v) is 20.1. The van der Waals surface area contributed by atoms with E-state index in [0.29, 0.717) is 5.56 Å². The Morgan fingerprint density at radius 2 is 1.81 bits per heavy atom. The lowest BCUT2D eigenvalue weighted by Gasteiger charge is -2.27. The first-order chi connectivity index (χ1) is 16.6. The molecule has 0 unspecified atom stereocenters. The molecule has 0 saturated carbocycles. The number of carboxylic acids is 1. The van der Waals surface area contributed by atoms with E-state index in [1.807, 2.05) is 0 Å². The summed E-state index contributed by atoms with van der Waals surface area (Å²) in [5.74, 6) is -3.68. The highest BCUT2D eigenvalue weighted by molar-refractivity contribution is 7.99. The maximum atomic E-state index is 14.4. The fourth-order valence-corrected chi connectivity index (χ4v) is 4.36. The van der Waals surface area contributed by atoms with Crippen molar-refractivity contribution in [2.75, 3.05) is 10.7 Å². The topological polar surface area (TPSA) is 105 Å². The van der Waals surface area contributed by atoms with E-state index >= 15 is 0 Å². The monoisotopic (exact) mass is 530 g/mol. The smallest absolute Gasteiger partial charge is 0.478 e. The first-order valence-corrected chi connectivity index (χ1v) is 11.5. The van der Waals surface area contributed by atoms with Crippen LogP contribution in [0, 0.1) is 5.82 Å². The first-order valence-electron chi connectivity index (χ1n) is 10.5. The van der Waals surface area contributed by atoms with Crippen LogP contribution in [0.2, 0.25) is 0 Å². The Kier molecular flexibility index (Phi) is 7.72. The molecule has 1 heterocycles. The van der Waals surface area contributed by atoms with E-state index in [2.05, 4.69) is 10.1 Å². The number of alkyl halides is 3. The minimum Gasteiger partial charge on any atom is -0.478 e. The van der Waals surface area contributed by atoms with Crippen molar-refractivity contribution < 1.29 is 46.5 Å². The number of thioether (sulfide) groups is 1. The molecule has 2 aromatic rings. The second kappa shape index (κ2) is 10.2. The quantitative estimate of drug-likeness (QED) is 0.527. The molecule has 8 nitrogen and oxygen atoms in total. The van der Waals surface area contributed by atoms with Crippen LogP contribution >= 0.6 is 11.8 Å². The van der Waals surface area contributed by atoms with Crippen molar-refractivity contribution in [3.8, 4) is 5.75 Å². The molecule has 0 bridgehead atoms. The van der Waals surface area contributed by atoms with Crippen molar-refractivity contribution in [2.45, 2.75) is 50.2 Å². The third-order valence-corrected chi connectivity index (χ3v) is 5.87. The van der Waals surface area contributed by atoms with Gasteiger partial charge in [-0.3, -0.25) is 4.79 Å². The summed E-state index contributed by atoms with van der Waals surface area (Å²) in [4.78, 5) is 38.7. The van der Waals surface area contributed by atoms with E-state index in [1.165, 1.54) is 12.1 Å². The summed E-state index contributed by atoms with van der Waals surface area (Å²) < 4.78 is 60.8. The summed E-state index contributed by atoms with van der Waals surface area (Å²) in [5.41, 5.74) is -1.06. The van der Waals surface area contributed by atoms with Crippen LogP contribution in [0.5, 0.6) is 5.75 Å². The normalized spacial score (nSPS) is 16.1. The highest BCUT2D eigenvalue weighted by Gasteiger charge is 2.35. The molecule has 2 amide bonds. The minimum absolute atomic E-state index is 0.00814. The van der Waals surface area contributed by atoms with Crippen molar-refractivity contribution in [1.29, 1.82) is 0 Å². The van der Waals surface area contributed by atoms with Gasteiger partial charge in [0.15, 0.2) is 0 Å². The van der Waals surface area contributed by atoms with E-state index in [9.17, 15) is 37.1 Å². The molecule has 2 aromatic carbocycles. The lowest BCUT2D eigenvalue weighted by molar-refractivity contribution is -0.274. The number of hydrogen-bond acceptors (Lipinski definition) is 6. The maximum Gasteiger partial charge on any atom is 0.573 e. The molecule has 0 aliphatic carbocycles. The number of carbonyl (C=O) groups is 3. The van der Waals surface area contributed by atoms with Crippen LogP contribution < -0.4 is 15.0 Å². The van der Waals surface area contributed by atoms with Crippen LogP contribution in [0.15, 0.2) is 41.3 Å². The highest BCUT2D eigenvalue weighted by atomic mass is 32.2. The Balaban J connectivity index is 1.96. The lowest BCUT2D eigenvalue weighted by atomic mass is 10.1. The Bertz CT molecular complexity index is 1160. The molecule has 194 valence electrons. The van der Waals surface area contributed by atoms with Gasteiger partial charge in [0.25, 0.3) is 5.91 Å². The third kappa shape index (κ3) is 7.03. The van der Waals surface area contributed by atoms with E-state index in [0.717, 1.165) is 40.9 Å². The summed E-state index contributed by atoms with van der Waals surface area (Å²) in [6.45, 7) is 4.71. The van der Waals surface area contributed by atoms with Crippen LogP contribution in [0.25, 0.3) is 0 Å². The van der Waals surface area contributed by atoms with Crippen molar-refractivity contribution >= 4 is 35.4 Å². The minimum atomic E-state index is -4.88. The molecule has 13 heteroatoms. The van der Waals surface area contributed by atoms with Gasteiger partial charge in [0, 0.05) is 10.6 Å². The van der Waals surface area contributed by atoms with Gasteiger partial charge in [0.1, 0.15) is 23.2 Å². The van der Waals surface area contributed by atoms with Crippen molar-refractivity contribution in [2.24, 2.45) is 0 Å². The van der Waals surface area contributed by atoms with Crippen molar-refractivity contribution in [3.05, 3.63) is 53.3 Å². The average Bonchev–Trinajstić information content (AvgIpc) is 2.84. The molecule has 0 radical (unpaired) electrons. The number of anilines is 1. The number of benzene rings is 2. The van der Waals surface area contributed by atoms with Crippen LogP contribution in [0.4, 0.5) is 28.0 Å². The van der Waals surface area contributed by atoms with Crippen molar-refractivity contribution in [3.63, 3.8) is 0 Å². The molecule has 0 spiro atoms. The van der Waals surface area contributed by atoms with E-state index in [4.69, 9.17) is 4.74 Å². The number of aromatic carboxylic acids is 1. The van der Waals surface area contributed by atoms with Gasteiger partial charge in [0.2, 0.25) is 0 Å². The number of nitrogens with one attached hydrogen (secondary N) is 1. The molecule has 1 aliphatic rings. The van der Waals surface area contributed by atoms with E-state index in [1.54, 1.807) is 20.8 Å². The highest BCUT2D eigenvalue weighted by Crippen LogP contribution is 2.37. The SMILES string of the molecule is CC(C)(C)OC(=O)N[C@H]1CSc2cc(F)c(C(=O)O)cc2N(Cc2ccc(OC(F)(F)F)cc2)C1=O. The molecule has 2 N–H and O–H groups in total.